The van der Waals surface area contributed by atoms with Crippen molar-refractivity contribution < 1.29 is 0 Å². The fourth-order valence-corrected chi connectivity index (χ4v) is 2.44. The van der Waals surface area contributed by atoms with Crippen LogP contribution < -0.4 is 5.32 Å². The summed E-state index contributed by atoms with van der Waals surface area (Å²) < 4.78 is 1.85. The van der Waals surface area contributed by atoms with E-state index < -0.39 is 0 Å². The van der Waals surface area contributed by atoms with E-state index in [9.17, 15) is 0 Å². The molecule has 5 heteroatoms. The maximum atomic E-state index is 4.70. The molecule has 21 heavy (non-hydrogen) atoms. The first-order valence-electron chi connectivity index (χ1n) is 7.47. The number of aryl methyl sites for hydroxylation is 4. The minimum Gasteiger partial charge on any atom is -0.312 e. The van der Waals surface area contributed by atoms with E-state index in [1.165, 1.54) is 11.1 Å². The van der Waals surface area contributed by atoms with E-state index in [1.54, 1.807) is 0 Å². The summed E-state index contributed by atoms with van der Waals surface area (Å²) in [5.74, 6) is 3.16. The summed E-state index contributed by atoms with van der Waals surface area (Å²) in [6.45, 7) is 14.2. The van der Waals surface area contributed by atoms with Crippen LogP contribution >= 0.6 is 0 Å². The largest absolute Gasteiger partial charge is 0.312 e. The summed E-state index contributed by atoms with van der Waals surface area (Å²) in [5.41, 5.74) is 3.43. The molecule has 0 bridgehead atoms. The van der Waals surface area contributed by atoms with Crippen molar-refractivity contribution >= 4 is 0 Å². The molecule has 0 aliphatic heterocycles. The van der Waals surface area contributed by atoms with Gasteiger partial charge >= 0.3 is 0 Å². The van der Waals surface area contributed by atoms with E-state index >= 15 is 0 Å². The van der Waals surface area contributed by atoms with E-state index in [-0.39, 0.29) is 0 Å². The second-order valence-corrected chi connectivity index (χ2v) is 6.03. The third-order valence-corrected chi connectivity index (χ3v) is 3.38. The van der Waals surface area contributed by atoms with Gasteiger partial charge in [0, 0.05) is 17.8 Å². The van der Waals surface area contributed by atoms with E-state index in [1.807, 2.05) is 25.5 Å². The molecule has 0 saturated carbocycles. The molecule has 2 aromatic rings. The Hall–Kier alpha value is -1.75. The maximum absolute atomic E-state index is 4.70. The van der Waals surface area contributed by atoms with Crippen molar-refractivity contribution in [3.8, 4) is 5.82 Å². The van der Waals surface area contributed by atoms with Crippen molar-refractivity contribution in [1.29, 1.82) is 0 Å². The molecule has 0 aliphatic rings. The lowest BCUT2D eigenvalue weighted by Crippen LogP contribution is -2.21. The number of aromatic nitrogens is 4. The number of nitrogens with zero attached hydrogens (tertiary/aromatic N) is 4. The Morgan fingerprint density at radius 1 is 1.14 bits per heavy atom. The van der Waals surface area contributed by atoms with Gasteiger partial charge in [-0.3, -0.25) is 0 Å². The summed E-state index contributed by atoms with van der Waals surface area (Å²) >= 11 is 0. The van der Waals surface area contributed by atoms with E-state index in [4.69, 9.17) is 4.98 Å². The lowest BCUT2D eigenvalue weighted by Gasteiger charge is -2.15. The Kier molecular flexibility index (Phi) is 4.73. The van der Waals surface area contributed by atoms with Crippen molar-refractivity contribution in [3.63, 3.8) is 0 Å². The molecule has 0 amide bonds. The normalized spacial score (nSPS) is 11.4. The van der Waals surface area contributed by atoms with Crippen LogP contribution in [0.4, 0.5) is 0 Å². The highest BCUT2D eigenvalue weighted by Crippen LogP contribution is 2.18. The van der Waals surface area contributed by atoms with Gasteiger partial charge in [-0.15, -0.1) is 5.10 Å². The Bertz CT molecular complexity index is 628. The summed E-state index contributed by atoms with van der Waals surface area (Å²) in [6, 6.07) is 2.12. The van der Waals surface area contributed by atoms with Gasteiger partial charge in [-0.2, -0.15) is 4.68 Å². The molecule has 0 spiro atoms. The molecule has 0 atom stereocenters. The SMILES string of the molecule is Cc1cc(C)c(CNCC(C)C)c(-n2nc(C)nc2C)n1. The van der Waals surface area contributed by atoms with Crippen molar-refractivity contribution in [1.82, 2.24) is 25.1 Å². The summed E-state index contributed by atoms with van der Waals surface area (Å²) in [7, 11) is 0. The van der Waals surface area contributed by atoms with E-state index in [2.05, 4.69) is 42.2 Å². The first kappa shape index (κ1) is 15.6. The number of rotatable bonds is 5. The average Bonchev–Trinajstić information content (AvgIpc) is 2.70. The molecule has 1 N–H and O–H groups in total. The fraction of sp³-hybridized carbons (Fsp3) is 0.562. The highest BCUT2D eigenvalue weighted by molar-refractivity contribution is 5.41. The molecule has 2 heterocycles. The maximum Gasteiger partial charge on any atom is 0.160 e. The van der Waals surface area contributed by atoms with Gasteiger partial charge in [0.25, 0.3) is 0 Å². The number of hydrogen-bond donors (Lipinski definition) is 1. The van der Waals surface area contributed by atoms with Gasteiger partial charge in [-0.25, -0.2) is 9.97 Å². The highest BCUT2D eigenvalue weighted by Gasteiger charge is 2.14. The molecule has 0 aliphatic carbocycles. The van der Waals surface area contributed by atoms with Gasteiger partial charge in [0.15, 0.2) is 5.82 Å². The molecular weight excluding hydrogens is 262 g/mol. The first-order valence-corrected chi connectivity index (χ1v) is 7.47. The summed E-state index contributed by atoms with van der Waals surface area (Å²) in [6.07, 6.45) is 0. The molecule has 0 aromatic carbocycles. The molecular formula is C16H25N5. The molecule has 0 saturated heterocycles. The Morgan fingerprint density at radius 3 is 2.43 bits per heavy atom. The van der Waals surface area contributed by atoms with Crippen LogP contribution in [-0.4, -0.2) is 26.3 Å². The molecule has 0 unspecified atom stereocenters. The monoisotopic (exact) mass is 287 g/mol. The number of nitrogens with one attached hydrogen (secondary N) is 1. The van der Waals surface area contributed by atoms with Crippen LogP contribution in [0.1, 0.15) is 42.3 Å². The Balaban J connectivity index is 2.41. The number of hydrogen-bond acceptors (Lipinski definition) is 4. The van der Waals surface area contributed by atoms with Crippen LogP contribution in [0.5, 0.6) is 0 Å². The highest BCUT2D eigenvalue weighted by atomic mass is 15.4. The first-order chi connectivity index (χ1) is 9.88. The number of pyridine rings is 1. The molecule has 2 aromatic heterocycles. The van der Waals surface area contributed by atoms with Gasteiger partial charge in [0.1, 0.15) is 11.6 Å². The van der Waals surface area contributed by atoms with E-state index in [0.717, 1.165) is 36.3 Å². The van der Waals surface area contributed by atoms with Crippen LogP contribution in [0.2, 0.25) is 0 Å². The quantitative estimate of drug-likeness (QED) is 0.918. The smallest absolute Gasteiger partial charge is 0.160 e. The summed E-state index contributed by atoms with van der Waals surface area (Å²) in [5, 5.41) is 7.98. The topological polar surface area (TPSA) is 55.6 Å². The van der Waals surface area contributed by atoms with Gasteiger partial charge in [0.2, 0.25) is 0 Å². The van der Waals surface area contributed by atoms with Crippen molar-refractivity contribution in [2.75, 3.05) is 6.54 Å². The fourth-order valence-electron chi connectivity index (χ4n) is 2.44. The van der Waals surface area contributed by atoms with Crippen LogP contribution in [0.25, 0.3) is 5.82 Å². The van der Waals surface area contributed by atoms with Crippen molar-refractivity contribution in [2.24, 2.45) is 5.92 Å². The molecule has 0 radical (unpaired) electrons. The summed E-state index contributed by atoms with van der Waals surface area (Å²) in [4.78, 5) is 9.08. The second kappa shape index (κ2) is 6.35. The predicted octanol–water partition coefficient (Wildman–Crippen LogP) is 2.64. The van der Waals surface area contributed by atoms with Crippen LogP contribution in [0.15, 0.2) is 6.07 Å². The van der Waals surface area contributed by atoms with Crippen molar-refractivity contribution in [2.45, 2.75) is 48.1 Å². The average molecular weight is 287 g/mol. The molecule has 2 rings (SSSR count). The van der Waals surface area contributed by atoms with Crippen LogP contribution in [0, 0.1) is 33.6 Å². The molecule has 114 valence electrons. The zero-order chi connectivity index (χ0) is 15.6. The second-order valence-electron chi connectivity index (χ2n) is 6.03. The Labute approximate surface area is 126 Å². The van der Waals surface area contributed by atoms with Gasteiger partial charge < -0.3 is 5.32 Å². The molecule has 5 nitrogen and oxygen atoms in total. The predicted molar refractivity (Wildman–Crippen MR) is 84.6 cm³/mol. The van der Waals surface area contributed by atoms with Crippen LogP contribution in [0.3, 0.4) is 0 Å². The molecule has 0 fully saturated rings. The van der Waals surface area contributed by atoms with E-state index in [0.29, 0.717) is 5.92 Å². The lowest BCUT2D eigenvalue weighted by molar-refractivity contribution is 0.549. The zero-order valence-electron chi connectivity index (χ0n) is 13.9. The minimum atomic E-state index is 0.627. The van der Waals surface area contributed by atoms with Gasteiger partial charge in [-0.1, -0.05) is 13.8 Å². The van der Waals surface area contributed by atoms with Crippen molar-refractivity contribution in [3.05, 3.63) is 34.5 Å². The minimum absolute atomic E-state index is 0.627. The third-order valence-electron chi connectivity index (χ3n) is 3.38. The Morgan fingerprint density at radius 2 is 1.86 bits per heavy atom. The lowest BCUT2D eigenvalue weighted by atomic mass is 10.1. The van der Waals surface area contributed by atoms with Gasteiger partial charge in [0.05, 0.1) is 0 Å². The van der Waals surface area contributed by atoms with Gasteiger partial charge in [-0.05, 0) is 51.8 Å². The zero-order valence-corrected chi connectivity index (χ0v) is 13.9. The third kappa shape index (κ3) is 3.67. The van der Waals surface area contributed by atoms with Crippen LogP contribution in [-0.2, 0) is 6.54 Å². The standard InChI is InChI=1S/C16H25N5/c1-10(2)8-17-9-15-11(3)7-12(4)18-16(15)21-14(6)19-13(5)20-21/h7,10,17H,8-9H2,1-6H3.